The minimum Gasteiger partial charge on any atom is -0.384 e. The Morgan fingerprint density at radius 2 is 2.09 bits per heavy atom. The molecule has 1 aromatic heterocycles. The van der Waals surface area contributed by atoms with Gasteiger partial charge in [-0.3, -0.25) is 4.79 Å². The second-order valence-corrected chi connectivity index (χ2v) is 3.62. The number of aryl methyl sites for hydroxylation is 2. The highest BCUT2D eigenvalue weighted by molar-refractivity contribution is 7.09. The molecule has 0 radical (unpaired) electrons. The molecule has 0 aliphatic heterocycles. The van der Waals surface area contributed by atoms with Gasteiger partial charge in [0.2, 0.25) is 0 Å². The van der Waals surface area contributed by atoms with Crippen molar-refractivity contribution in [1.29, 1.82) is 0 Å². The lowest BCUT2D eigenvalue weighted by Gasteiger charge is -2.00. The van der Waals surface area contributed by atoms with E-state index in [0.717, 1.165) is 4.88 Å². The predicted molar refractivity (Wildman–Crippen MR) is 49.6 cm³/mol. The topological polar surface area (TPSA) is 29.1 Å². The van der Waals surface area contributed by atoms with Crippen LogP contribution in [0.1, 0.15) is 10.4 Å². The number of nitrogens with one attached hydrogen (secondary N) is 1. The van der Waals surface area contributed by atoms with E-state index in [1.165, 1.54) is 16.9 Å². The highest BCUT2D eigenvalue weighted by Crippen LogP contribution is 2.12. The maximum absolute atomic E-state index is 11.2. The molecule has 0 aromatic carbocycles. The summed E-state index contributed by atoms with van der Waals surface area (Å²) in [4.78, 5) is 12.3. The molecule has 0 saturated carbocycles. The van der Waals surface area contributed by atoms with Crippen LogP contribution < -0.4 is 10.1 Å². The molecule has 1 heterocycles. The van der Waals surface area contributed by atoms with Gasteiger partial charge in [-0.1, -0.05) is 11.3 Å². The van der Waals surface area contributed by atoms with Crippen LogP contribution in [-0.2, 0) is 0 Å². The van der Waals surface area contributed by atoms with Crippen molar-refractivity contribution in [1.82, 2.24) is 0 Å². The maximum Gasteiger partial charge on any atom is 0.255 e. The Morgan fingerprint density at radius 1 is 1.45 bits per heavy atom. The van der Waals surface area contributed by atoms with Gasteiger partial charge in [0.1, 0.15) is 0 Å². The first-order valence-electron chi connectivity index (χ1n) is 3.44. The van der Waals surface area contributed by atoms with E-state index in [0.29, 0.717) is 5.69 Å². The van der Waals surface area contributed by atoms with Crippen molar-refractivity contribution >= 4 is 17.0 Å². The summed E-state index contributed by atoms with van der Waals surface area (Å²) in [6.45, 7) is 3.97. The van der Waals surface area contributed by atoms with Crippen molar-refractivity contribution in [3.05, 3.63) is 26.0 Å². The monoisotopic (exact) mass is 169 g/mol. The zero-order chi connectivity index (χ0) is 8.43. The lowest BCUT2D eigenvalue weighted by atomic mass is 10.3. The van der Waals surface area contributed by atoms with E-state index < -0.39 is 0 Å². The molecule has 0 aliphatic carbocycles. The van der Waals surface area contributed by atoms with Crippen LogP contribution in [0.4, 0.5) is 5.69 Å². The van der Waals surface area contributed by atoms with Gasteiger partial charge in [0.25, 0.3) is 4.74 Å². The molecule has 2 nitrogen and oxygen atoms in total. The van der Waals surface area contributed by atoms with Crippen molar-refractivity contribution in [3.8, 4) is 0 Å². The first-order valence-corrected chi connectivity index (χ1v) is 4.26. The molecule has 0 atom stereocenters. The Bertz CT molecular complexity index is 316. The highest BCUT2D eigenvalue weighted by Gasteiger charge is 1.99. The number of hydrogen-bond acceptors (Lipinski definition) is 3. The quantitative estimate of drug-likeness (QED) is 0.694. The molecule has 1 aromatic rings. The highest BCUT2D eigenvalue weighted by atomic mass is 32.1. The number of rotatable bonds is 1. The fraction of sp³-hybridized carbons (Fsp3) is 0.375. The second kappa shape index (κ2) is 3.05. The molecular weight excluding hydrogens is 158 g/mol. The lowest BCUT2D eigenvalue weighted by Crippen LogP contribution is -2.04. The van der Waals surface area contributed by atoms with Gasteiger partial charge in [-0.2, -0.15) is 0 Å². The average molecular weight is 169 g/mol. The summed E-state index contributed by atoms with van der Waals surface area (Å²) in [7, 11) is 1.76. The lowest BCUT2D eigenvalue weighted by molar-refractivity contribution is 1.39. The molecule has 0 unspecified atom stereocenters. The van der Waals surface area contributed by atoms with Gasteiger partial charge in [0.15, 0.2) is 0 Å². The van der Waals surface area contributed by atoms with Crippen LogP contribution >= 0.6 is 11.3 Å². The van der Waals surface area contributed by atoms with Gasteiger partial charge >= 0.3 is 0 Å². The third-order valence-corrected chi connectivity index (χ3v) is 2.68. The number of hydrogen-bond donors (Lipinski definition) is 1. The Labute approximate surface area is 69.9 Å². The van der Waals surface area contributed by atoms with Crippen LogP contribution in [0.25, 0.3) is 0 Å². The normalized spacial score (nSPS) is 9.73. The fourth-order valence-corrected chi connectivity index (χ4v) is 1.59. The van der Waals surface area contributed by atoms with Crippen LogP contribution in [-0.4, -0.2) is 7.05 Å². The molecule has 0 spiro atoms. The largest absolute Gasteiger partial charge is 0.384 e. The average Bonchev–Trinajstić information content (AvgIpc) is 1.97. The van der Waals surface area contributed by atoms with E-state index in [9.17, 15) is 4.79 Å². The summed E-state index contributed by atoms with van der Waals surface area (Å²) >= 11 is 1.29. The Hall–Kier alpha value is -0.830. The minimum absolute atomic E-state index is 0.107. The predicted octanol–water partition coefficient (Wildman–Crippen LogP) is 1.77. The summed E-state index contributed by atoms with van der Waals surface area (Å²) in [6.07, 6.45) is 0. The van der Waals surface area contributed by atoms with E-state index in [2.05, 4.69) is 5.32 Å². The minimum atomic E-state index is 0.107. The van der Waals surface area contributed by atoms with Crippen molar-refractivity contribution < 1.29 is 0 Å². The van der Waals surface area contributed by atoms with Crippen LogP contribution in [0.3, 0.4) is 0 Å². The third-order valence-electron chi connectivity index (χ3n) is 1.65. The smallest absolute Gasteiger partial charge is 0.255 e. The fourth-order valence-electron chi connectivity index (χ4n) is 0.826. The maximum atomic E-state index is 11.2. The standard InChI is InChI=1S/C8H11NOS/c1-5-4-7(9-3)8(10)11-6(5)2/h4,9H,1-3H3. The van der Waals surface area contributed by atoms with Crippen molar-refractivity contribution in [3.63, 3.8) is 0 Å². The molecular formula is C8H11NOS. The van der Waals surface area contributed by atoms with Gasteiger partial charge in [-0.05, 0) is 25.5 Å². The van der Waals surface area contributed by atoms with E-state index >= 15 is 0 Å². The van der Waals surface area contributed by atoms with Crippen LogP contribution in [0.5, 0.6) is 0 Å². The van der Waals surface area contributed by atoms with Crippen molar-refractivity contribution in [2.45, 2.75) is 13.8 Å². The molecule has 0 amide bonds. The van der Waals surface area contributed by atoms with Crippen LogP contribution in [0, 0.1) is 13.8 Å². The van der Waals surface area contributed by atoms with Gasteiger partial charge in [-0.25, -0.2) is 0 Å². The molecule has 0 aliphatic rings. The SMILES string of the molecule is CNc1cc(C)c(C)sc1=O. The Balaban J connectivity index is 3.32. The first kappa shape index (κ1) is 8.27. The Morgan fingerprint density at radius 3 is 2.64 bits per heavy atom. The zero-order valence-corrected chi connectivity index (χ0v) is 7.71. The molecule has 0 fully saturated rings. The summed E-state index contributed by atoms with van der Waals surface area (Å²) in [5.74, 6) is 0. The molecule has 0 saturated heterocycles. The molecule has 1 N–H and O–H groups in total. The molecule has 1 rings (SSSR count). The summed E-state index contributed by atoms with van der Waals surface area (Å²) in [6, 6.07) is 1.88. The summed E-state index contributed by atoms with van der Waals surface area (Å²) < 4.78 is 0.107. The van der Waals surface area contributed by atoms with Crippen molar-refractivity contribution in [2.24, 2.45) is 0 Å². The van der Waals surface area contributed by atoms with E-state index in [-0.39, 0.29) is 4.74 Å². The van der Waals surface area contributed by atoms with E-state index in [1.807, 2.05) is 19.9 Å². The van der Waals surface area contributed by atoms with Crippen LogP contribution in [0.15, 0.2) is 10.9 Å². The molecule has 60 valence electrons. The van der Waals surface area contributed by atoms with Crippen molar-refractivity contribution in [2.75, 3.05) is 12.4 Å². The van der Waals surface area contributed by atoms with Gasteiger partial charge < -0.3 is 5.32 Å². The zero-order valence-electron chi connectivity index (χ0n) is 6.89. The van der Waals surface area contributed by atoms with Gasteiger partial charge in [-0.15, -0.1) is 0 Å². The molecule has 11 heavy (non-hydrogen) atoms. The third kappa shape index (κ3) is 1.60. The van der Waals surface area contributed by atoms with Crippen LogP contribution in [0.2, 0.25) is 0 Å². The summed E-state index contributed by atoms with van der Waals surface area (Å²) in [5.41, 5.74) is 1.86. The molecule has 3 heteroatoms. The van der Waals surface area contributed by atoms with E-state index in [1.54, 1.807) is 7.05 Å². The molecule has 0 bridgehead atoms. The van der Waals surface area contributed by atoms with E-state index in [4.69, 9.17) is 0 Å². The Kier molecular flexibility index (Phi) is 2.29. The number of anilines is 1. The first-order chi connectivity index (χ1) is 5.15. The summed E-state index contributed by atoms with van der Waals surface area (Å²) in [5, 5.41) is 2.86. The van der Waals surface area contributed by atoms with Gasteiger partial charge in [0.05, 0.1) is 5.69 Å². The van der Waals surface area contributed by atoms with Gasteiger partial charge in [0, 0.05) is 11.9 Å². The second-order valence-electron chi connectivity index (χ2n) is 2.44.